The lowest BCUT2D eigenvalue weighted by molar-refractivity contribution is -0.393. The predicted octanol–water partition coefficient (Wildman–Crippen LogP) is 3.57. The summed E-state index contributed by atoms with van der Waals surface area (Å²) in [6, 6.07) is 10.4. The summed E-state index contributed by atoms with van der Waals surface area (Å²) in [5.41, 5.74) is 0.172. The Morgan fingerprint density at radius 1 is 1.00 bits per heavy atom. The standard InChI is InChI=1S/C14H12N2O5/c1-2-21-14-6-4-3-5-12(14)11-8-7-10(15(17)18)9-13(11)16(19)20/h3-9H,2H2,1H3. The van der Waals surface area contributed by atoms with Crippen LogP contribution < -0.4 is 4.74 Å². The molecule has 2 rings (SSSR count). The lowest BCUT2D eigenvalue weighted by Gasteiger charge is -2.10. The number of nitrogens with zero attached hydrogens (tertiary/aromatic N) is 2. The van der Waals surface area contributed by atoms with Gasteiger partial charge in [0.05, 0.1) is 28.1 Å². The van der Waals surface area contributed by atoms with Crippen LogP contribution in [0.25, 0.3) is 11.1 Å². The van der Waals surface area contributed by atoms with Crippen molar-refractivity contribution in [3.63, 3.8) is 0 Å². The van der Waals surface area contributed by atoms with Gasteiger partial charge in [-0.25, -0.2) is 0 Å². The zero-order valence-electron chi connectivity index (χ0n) is 11.2. The van der Waals surface area contributed by atoms with Gasteiger partial charge in [0.2, 0.25) is 0 Å². The topological polar surface area (TPSA) is 95.5 Å². The van der Waals surface area contributed by atoms with Gasteiger partial charge in [0.1, 0.15) is 5.75 Å². The van der Waals surface area contributed by atoms with Gasteiger partial charge in [0, 0.05) is 11.6 Å². The molecule has 0 amide bonds. The Labute approximate surface area is 120 Å². The fraction of sp³-hybridized carbons (Fsp3) is 0.143. The third-order valence-corrected chi connectivity index (χ3v) is 2.87. The van der Waals surface area contributed by atoms with E-state index < -0.39 is 9.85 Å². The highest BCUT2D eigenvalue weighted by Crippen LogP contribution is 2.37. The minimum absolute atomic E-state index is 0.287. The Morgan fingerprint density at radius 3 is 2.33 bits per heavy atom. The highest BCUT2D eigenvalue weighted by atomic mass is 16.6. The fourth-order valence-electron chi connectivity index (χ4n) is 1.98. The number of nitro groups is 2. The minimum atomic E-state index is -0.661. The van der Waals surface area contributed by atoms with E-state index in [0.717, 1.165) is 6.07 Å². The fourth-order valence-corrected chi connectivity index (χ4v) is 1.98. The van der Waals surface area contributed by atoms with Crippen LogP contribution in [-0.2, 0) is 0 Å². The molecular weight excluding hydrogens is 276 g/mol. The average Bonchev–Trinajstić information content (AvgIpc) is 2.47. The van der Waals surface area contributed by atoms with Crippen LogP contribution in [0.2, 0.25) is 0 Å². The van der Waals surface area contributed by atoms with E-state index in [1.54, 1.807) is 31.2 Å². The molecule has 0 unspecified atom stereocenters. The van der Waals surface area contributed by atoms with Gasteiger partial charge in [-0.15, -0.1) is 0 Å². The van der Waals surface area contributed by atoms with Crippen molar-refractivity contribution in [1.29, 1.82) is 0 Å². The lowest BCUT2D eigenvalue weighted by atomic mass is 10.0. The van der Waals surface area contributed by atoms with Crippen molar-refractivity contribution in [2.45, 2.75) is 6.92 Å². The molecule has 0 aliphatic rings. The predicted molar refractivity (Wildman–Crippen MR) is 76.4 cm³/mol. The van der Waals surface area contributed by atoms with Gasteiger partial charge in [-0.3, -0.25) is 20.2 Å². The first-order valence-electron chi connectivity index (χ1n) is 6.19. The minimum Gasteiger partial charge on any atom is -0.493 e. The number of nitro benzene ring substituents is 2. The summed E-state index contributed by atoms with van der Waals surface area (Å²) >= 11 is 0. The molecule has 7 nitrogen and oxygen atoms in total. The SMILES string of the molecule is CCOc1ccccc1-c1ccc([N+](=O)[O-])cc1[N+](=O)[O-]. The quantitative estimate of drug-likeness (QED) is 0.619. The second-order valence-corrected chi connectivity index (χ2v) is 4.14. The summed E-state index contributed by atoms with van der Waals surface area (Å²) in [6.45, 7) is 2.22. The maximum atomic E-state index is 11.2. The molecule has 0 saturated heterocycles. The van der Waals surface area contributed by atoms with Gasteiger partial charge in [-0.2, -0.15) is 0 Å². The summed E-state index contributed by atoms with van der Waals surface area (Å²) in [7, 11) is 0. The van der Waals surface area contributed by atoms with Crippen LogP contribution >= 0.6 is 0 Å². The largest absolute Gasteiger partial charge is 0.493 e. The molecule has 0 aromatic heterocycles. The van der Waals surface area contributed by atoms with Crippen LogP contribution in [0.4, 0.5) is 11.4 Å². The van der Waals surface area contributed by atoms with E-state index in [4.69, 9.17) is 4.74 Å². The van der Waals surface area contributed by atoms with E-state index in [9.17, 15) is 20.2 Å². The van der Waals surface area contributed by atoms with Gasteiger partial charge >= 0.3 is 0 Å². The molecule has 7 heteroatoms. The van der Waals surface area contributed by atoms with Gasteiger partial charge in [-0.1, -0.05) is 18.2 Å². The molecule has 0 radical (unpaired) electrons. The van der Waals surface area contributed by atoms with Crippen molar-refractivity contribution in [1.82, 2.24) is 0 Å². The lowest BCUT2D eigenvalue weighted by Crippen LogP contribution is -1.98. The van der Waals surface area contributed by atoms with Crippen molar-refractivity contribution in [2.75, 3.05) is 6.61 Å². The maximum absolute atomic E-state index is 11.2. The molecule has 0 fully saturated rings. The zero-order valence-corrected chi connectivity index (χ0v) is 11.2. The van der Waals surface area contributed by atoms with Crippen LogP contribution in [0.15, 0.2) is 42.5 Å². The summed E-state index contributed by atoms with van der Waals surface area (Å²) in [5.74, 6) is 0.497. The first-order valence-corrected chi connectivity index (χ1v) is 6.19. The molecule has 108 valence electrons. The van der Waals surface area contributed by atoms with E-state index in [-0.39, 0.29) is 16.9 Å². The Bertz CT molecular complexity index is 700. The van der Waals surface area contributed by atoms with Gasteiger partial charge < -0.3 is 4.74 Å². The van der Waals surface area contributed by atoms with E-state index >= 15 is 0 Å². The van der Waals surface area contributed by atoms with Crippen molar-refractivity contribution >= 4 is 11.4 Å². The average molecular weight is 288 g/mol. The monoisotopic (exact) mass is 288 g/mol. The third-order valence-electron chi connectivity index (χ3n) is 2.87. The highest BCUT2D eigenvalue weighted by Gasteiger charge is 2.22. The second kappa shape index (κ2) is 6.00. The molecule has 0 spiro atoms. The first-order chi connectivity index (χ1) is 10.0. The summed E-state index contributed by atoms with van der Waals surface area (Å²) in [6.07, 6.45) is 0. The van der Waals surface area contributed by atoms with E-state index in [1.807, 2.05) is 0 Å². The molecule has 0 aliphatic carbocycles. The molecule has 0 atom stereocenters. The zero-order chi connectivity index (χ0) is 15.4. The van der Waals surface area contributed by atoms with Gasteiger partial charge in [0.15, 0.2) is 0 Å². The van der Waals surface area contributed by atoms with Crippen molar-refractivity contribution < 1.29 is 14.6 Å². The Kier molecular flexibility index (Phi) is 4.13. The third kappa shape index (κ3) is 2.97. The Hall–Kier alpha value is -2.96. The Morgan fingerprint density at radius 2 is 1.71 bits per heavy atom. The number of non-ortho nitro benzene ring substituents is 1. The maximum Gasteiger partial charge on any atom is 0.284 e. The summed E-state index contributed by atoms with van der Waals surface area (Å²) in [4.78, 5) is 20.6. The smallest absolute Gasteiger partial charge is 0.284 e. The molecule has 0 heterocycles. The van der Waals surface area contributed by atoms with Crippen LogP contribution in [0.5, 0.6) is 5.75 Å². The number of hydrogen-bond acceptors (Lipinski definition) is 5. The highest BCUT2D eigenvalue weighted by molar-refractivity contribution is 5.79. The number of rotatable bonds is 5. The van der Waals surface area contributed by atoms with E-state index in [1.165, 1.54) is 12.1 Å². The van der Waals surface area contributed by atoms with Crippen LogP contribution in [0.3, 0.4) is 0 Å². The van der Waals surface area contributed by atoms with E-state index in [0.29, 0.717) is 17.9 Å². The first kappa shape index (κ1) is 14.4. The normalized spacial score (nSPS) is 10.1. The summed E-state index contributed by atoms with van der Waals surface area (Å²) < 4.78 is 5.45. The molecule has 0 saturated carbocycles. The molecule has 0 bridgehead atoms. The van der Waals surface area contributed by atoms with Gasteiger partial charge in [0.25, 0.3) is 11.4 Å². The van der Waals surface area contributed by atoms with Crippen molar-refractivity contribution in [3.8, 4) is 16.9 Å². The van der Waals surface area contributed by atoms with Crippen LogP contribution in [0, 0.1) is 20.2 Å². The molecule has 2 aromatic carbocycles. The molecule has 2 aromatic rings. The number of ether oxygens (including phenoxy) is 1. The van der Waals surface area contributed by atoms with Crippen LogP contribution in [0.1, 0.15) is 6.92 Å². The number of hydrogen-bond donors (Lipinski definition) is 0. The van der Waals surface area contributed by atoms with Crippen molar-refractivity contribution in [2.24, 2.45) is 0 Å². The van der Waals surface area contributed by atoms with Gasteiger partial charge in [-0.05, 0) is 19.1 Å². The van der Waals surface area contributed by atoms with Crippen LogP contribution in [-0.4, -0.2) is 16.5 Å². The van der Waals surface area contributed by atoms with E-state index in [2.05, 4.69) is 0 Å². The molecular formula is C14H12N2O5. The van der Waals surface area contributed by atoms with Crippen molar-refractivity contribution in [3.05, 3.63) is 62.7 Å². The second-order valence-electron chi connectivity index (χ2n) is 4.14. The molecule has 0 aliphatic heterocycles. The molecule has 0 N–H and O–H groups in total. The summed E-state index contributed by atoms with van der Waals surface area (Å²) in [5, 5.41) is 21.9. The Balaban J connectivity index is 2.63. The number of para-hydroxylation sites is 1. The number of benzene rings is 2. The molecule has 21 heavy (non-hydrogen) atoms.